The standard InChI is InChI=1S/C10H14N6S/c1-3-4-7-8(11)12-5-13-9(7)17-10-14-6(2)15-16-10/h5H,3-4H2,1-2H3,(H2,11,12,13)(H,14,15,16). The first kappa shape index (κ1) is 11.8. The average molecular weight is 250 g/mol. The summed E-state index contributed by atoms with van der Waals surface area (Å²) in [7, 11) is 0. The van der Waals surface area contributed by atoms with Gasteiger partial charge in [-0.05, 0) is 25.1 Å². The molecule has 0 bridgehead atoms. The van der Waals surface area contributed by atoms with Gasteiger partial charge in [0.15, 0.2) is 0 Å². The van der Waals surface area contributed by atoms with E-state index in [1.165, 1.54) is 18.1 Å². The molecule has 0 aromatic carbocycles. The Morgan fingerprint density at radius 1 is 1.41 bits per heavy atom. The van der Waals surface area contributed by atoms with Gasteiger partial charge in [-0.25, -0.2) is 15.0 Å². The minimum atomic E-state index is 0.539. The monoisotopic (exact) mass is 250 g/mol. The number of nitrogens with one attached hydrogen (secondary N) is 1. The van der Waals surface area contributed by atoms with Crippen molar-refractivity contribution in [1.82, 2.24) is 25.1 Å². The van der Waals surface area contributed by atoms with Gasteiger partial charge < -0.3 is 5.73 Å². The van der Waals surface area contributed by atoms with E-state index in [0.717, 1.165) is 29.3 Å². The largest absolute Gasteiger partial charge is 0.383 e. The Labute approximate surface area is 103 Å². The van der Waals surface area contributed by atoms with Gasteiger partial charge in [-0.1, -0.05) is 13.3 Å². The highest BCUT2D eigenvalue weighted by Gasteiger charge is 2.12. The quantitative estimate of drug-likeness (QED) is 0.800. The second-order valence-corrected chi connectivity index (χ2v) is 4.55. The summed E-state index contributed by atoms with van der Waals surface area (Å²) in [5.41, 5.74) is 6.83. The fourth-order valence-electron chi connectivity index (χ4n) is 1.44. The Morgan fingerprint density at radius 3 is 2.88 bits per heavy atom. The Hall–Kier alpha value is -1.63. The summed E-state index contributed by atoms with van der Waals surface area (Å²) in [6.07, 6.45) is 3.33. The molecule has 2 aromatic heterocycles. The molecule has 2 heterocycles. The van der Waals surface area contributed by atoms with Gasteiger partial charge in [0, 0.05) is 5.56 Å². The van der Waals surface area contributed by atoms with Crippen molar-refractivity contribution in [3.05, 3.63) is 17.7 Å². The molecule has 6 nitrogen and oxygen atoms in total. The zero-order valence-electron chi connectivity index (χ0n) is 9.77. The lowest BCUT2D eigenvalue weighted by molar-refractivity contribution is 0.858. The summed E-state index contributed by atoms with van der Waals surface area (Å²) in [6, 6.07) is 0. The highest BCUT2D eigenvalue weighted by Crippen LogP contribution is 2.28. The number of aryl methyl sites for hydroxylation is 1. The van der Waals surface area contributed by atoms with Gasteiger partial charge in [-0.3, -0.25) is 5.10 Å². The van der Waals surface area contributed by atoms with Crippen LogP contribution in [0.2, 0.25) is 0 Å². The molecule has 0 radical (unpaired) electrons. The van der Waals surface area contributed by atoms with Crippen LogP contribution in [-0.2, 0) is 6.42 Å². The Bertz CT molecular complexity index is 509. The van der Waals surface area contributed by atoms with E-state index < -0.39 is 0 Å². The highest BCUT2D eigenvalue weighted by molar-refractivity contribution is 7.99. The molecule has 0 amide bonds. The van der Waals surface area contributed by atoms with Crippen LogP contribution in [0.1, 0.15) is 24.7 Å². The molecule has 0 saturated carbocycles. The van der Waals surface area contributed by atoms with Crippen LogP contribution >= 0.6 is 11.8 Å². The van der Waals surface area contributed by atoms with Gasteiger partial charge in [-0.2, -0.15) is 0 Å². The summed E-state index contributed by atoms with van der Waals surface area (Å²) in [6.45, 7) is 3.95. The number of aromatic amines is 1. The van der Waals surface area contributed by atoms with Gasteiger partial charge in [0.1, 0.15) is 23.0 Å². The highest BCUT2D eigenvalue weighted by atomic mass is 32.2. The molecular weight excluding hydrogens is 236 g/mol. The summed E-state index contributed by atoms with van der Waals surface area (Å²) in [5, 5.41) is 8.35. The number of nitrogens with two attached hydrogens (primary N) is 1. The number of anilines is 1. The van der Waals surface area contributed by atoms with Crippen LogP contribution in [-0.4, -0.2) is 25.1 Å². The summed E-state index contributed by atoms with van der Waals surface area (Å²) >= 11 is 1.40. The molecule has 7 heteroatoms. The number of aromatic nitrogens is 5. The molecule has 0 aliphatic rings. The predicted molar refractivity (Wildman–Crippen MR) is 65.7 cm³/mol. The molecule has 3 N–H and O–H groups in total. The summed E-state index contributed by atoms with van der Waals surface area (Å²) in [5.74, 6) is 1.32. The fraction of sp³-hybridized carbons (Fsp3) is 0.400. The van der Waals surface area contributed by atoms with E-state index in [1.54, 1.807) is 0 Å². The van der Waals surface area contributed by atoms with Crippen LogP contribution in [0.15, 0.2) is 16.5 Å². The molecule has 0 aliphatic carbocycles. The van der Waals surface area contributed by atoms with E-state index in [4.69, 9.17) is 5.73 Å². The van der Waals surface area contributed by atoms with Crippen molar-refractivity contribution in [2.75, 3.05) is 5.73 Å². The van der Waals surface area contributed by atoms with Gasteiger partial charge >= 0.3 is 0 Å². The lowest BCUT2D eigenvalue weighted by atomic mass is 10.2. The van der Waals surface area contributed by atoms with E-state index >= 15 is 0 Å². The number of hydrogen-bond donors (Lipinski definition) is 2. The third-order valence-electron chi connectivity index (χ3n) is 2.20. The van der Waals surface area contributed by atoms with Crippen molar-refractivity contribution in [1.29, 1.82) is 0 Å². The molecule has 17 heavy (non-hydrogen) atoms. The number of rotatable bonds is 4. The summed E-state index contributed by atoms with van der Waals surface area (Å²) < 4.78 is 0. The minimum absolute atomic E-state index is 0.539. The van der Waals surface area contributed by atoms with Crippen molar-refractivity contribution in [2.24, 2.45) is 0 Å². The number of nitrogen functional groups attached to an aromatic ring is 1. The Kier molecular flexibility index (Phi) is 3.58. The smallest absolute Gasteiger partial charge is 0.214 e. The second kappa shape index (κ2) is 5.13. The zero-order valence-corrected chi connectivity index (χ0v) is 10.6. The van der Waals surface area contributed by atoms with E-state index in [0.29, 0.717) is 11.0 Å². The third kappa shape index (κ3) is 2.73. The van der Waals surface area contributed by atoms with E-state index in [1.807, 2.05) is 6.92 Å². The third-order valence-corrected chi connectivity index (χ3v) is 3.11. The SMILES string of the molecule is CCCc1c(N)ncnc1Sc1n[nH]c(C)n1. The van der Waals surface area contributed by atoms with E-state index in [9.17, 15) is 0 Å². The minimum Gasteiger partial charge on any atom is -0.383 e. The van der Waals surface area contributed by atoms with Crippen LogP contribution in [0.25, 0.3) is 0 Å². The maximum atomic E-state index is 5.85. The molecule has 2 rings (SSSR count). The Morgan fingerprint density at radius 2 is 2.24 bits per heavy atom. The van der Waals surface area contributed by atoms with Crippen LogP contribution in [0.3, 0.4) is 0 Å². The van der Waals surface area contributed by atoms with E-state index in [-0.39, 0.29) is 0 Å². The molecule has 0 saturated heterocycles. The molecular formula is C10H14N6S. The molecule has 2 aromatic rings. The number of H-pyrrole nitrogens is 1. The van der Waals surface area contributed by atoms with Crippen molar-refractivity contribution in [3.8, 4) is 0 Å². The fourth-order valence-corrected chi connectivity index (χ4v) is 2.31. The summed E-state index contributed by atoms with van der Waals surface area (Å²) in [4.78, 5) is 12.5. The van der Waals surface area contributed by atoms with Crippen LogP contribution in [0, 0.1) is 6.92 Å². The van der Waals surface area contributed by atoms with Crippen molar-refractivity contribution in [2.45, 2.75) is 36.9 Å². The molecule has 90 valence electrons. The predicted octanol–water partition coefficient (Wildman–Crippen LogP) is 1.59. The molecule has 0 atom stereocenters. The molecule has 0 unspecified atom stereocenters. The van der Waals surface area contributed by atoms with Crippen LogP contribution in [0.4, 0.5) is 5.82 Å². The Balaban J connectivity index is 2.28. The van der Waals surface area contributed by atoms with Gasteiger partial charge in [0.25, 0.3) is 0 Å². The van der Waals surface area contributed by atoms with Crippen LogP contribution < -0.4 is 5.73 Å². The van der Waals surface area contributed by atoms with Crippen LogP contribution in [0.5, 0.6) is 0 Å². The topological polar surface area (TPSA) is 93.4 Å². The van der Waals surface area contributed by atoms with Crippen molar-refractivity contribution >= 4 is 17.6 Å². The maximum Gasteiger partial charge on any atom is 0.214 e. The van der Waals surface area contributed by atoms with E-state index in [2.05, 4.69) is 32.1 Å². The molecule has 0 spiro atoms. The molecule has 0 aliphatic heterocycles. The van der Waals surface area contributed by atoms with Crippen molar-refractivity contribution < 1.29 is 0 Å². The zero-order chi connectivity index (χ0) is 12.3. The van der Waals surface area contributed by atoms with Crippen molar-refractivity contribution in [3.63, 3.8) is 0 Å². The normalized spacial score (nSPS) is 10.7. The second-order valence-electron chi connectivity index (χ2n) is 3.60. The number of nitrogens with zero attached hydrogens (tertiary/aromatic N) is 4. The van der Waals surface area contributed by atoms with Gasteiger partial charge in [0.05, 0.1) is 0 Å². The first-order chi connectivity index (χ1) is 8.20. The maximum absolute atomic E-state index is 5.85. The first-order valence-corrected chi connectivity index (χ1v) is 6.18. The number of hydrogen-bond acceptors (Lipinski definition) is 6. The lowest BCUT2D eigenvalue weighted by Crippen LogP contribution is -2.01. The average Bonchev–Trinajstić information content (AvgIpc) is 2.69. The lowest BCUT2D eigenvalue weighted by Gasteiger charge is -2.06. The van der Waals surface area contributed by atoms with Gasteiger partial charge in [0.2, 0.25) is 5.16 Å². The van der Waals surface area contributed by atoms with Gasteiger partial charge in [-0.15, -0.1) is 5.10 Å². The molecule has 0 fully saturated rings. The first-order valence-electron chi connectivity index (χ1n) is 5.37.